The summed E-state index contributed by atoms with van der Waals surface area (Å²) in [4.78, 5) is 11.6. The van der Waals surface area contributed by atoms with Gasteiger partial charge in [0.05, 0.1) is 5.41 Å². The monoisotopic (exact) mass is 490 g/mol. The van der Waals surface area contributed by atoms with Crippen LogP contribution in [-0.2, 0) is 9.53 Å². The zero-order valence-corrected chi connectivity index (χ0v) is 18.6. The minimum atomic E-state index is -6.59. The fourth-order valence-corrected chi connectivity index (χ4v) is 6.32. The molecule has 0 aliphatic heterocycles. The summed E-state index contributed by atoms with van der Waals surface area (Å²) in [5, 5.41) is 0. The number of rotatable bonds is 4. The fourth-order valence-electron chi connectivity index (χ4n) is 6.32. The van der Waals surface area contributed by atoms with Gasteiger partial charge < -0.3 is 4.74 Å². The topological polar surface area (TPSA) is 26.3 Å². The number of hydrogen-bond acceptors (Lipinski definition) is 2. The molecule has 34 heavy (non-hydrogen) atoms. The summed E-state index contributed by atoms with van der Waals surface area (Å²) < 4.78 is 95.0. The Labute approximate surface area is 193 Å². The number of esters is 1. The molecule has 0 saturated heterocycles. The van der Waals surface area contributed by atoms with E-state index in [0.29, 0.717) is 24.7 Å². The number of fused-ring (bicyclic) bond motifs is 4. The van der Waals surface area contributed by atoms with Crippen molar-refractivity contribution in [2.24, 2.45) is 23.2 Å². The highest BCUT2D eigenvalue weighted by molar-refractivity contribution is 5.80. The quantitative estimate of drug-likeness (QED) is 0.181. The Hall–Kier alpha value is -2.24. The van der Waals surface area contributed by atoms with Crippen molar-refractivity contribution < 1.29 is 40.3 Å². The third kappa shape index (κ3) is 3.59. The molecule has 4 rings (SSSR count). The molecule has 0 radical (unpaired) electrons. The normalized spacial score (nSPS) is 31.6. The lowest BCUT2D eigenvalue weighted by Gasteiger charge is -2.44. The number of carbonyl (C=O) groups is 1. The highest BCUT2D eigenvalue weighted by atomic mass is 19.4. The van der Waals surface area contributed by atoms with Crippen LogP contribution in [0.2, 0.25) is 0 Å². The number of terminal acetylenes is 1. The predicted octanol–water partition coefficient (Wildman–Crippen LogP) is 7.13. The van der Waals surface area contributed by atoms with Crippen molar-refractivity contribution >= 4 is 5.97 Å². The van der Waals surface area contributed by atoms with E-state index in [9.17, 15) is 35.5 Å². The highest BCUT2D eigenvalue weighted by Crippen LogP contribution is 2.58. The Morgan fingerprint density at radius 2 is 1.82 bits per heavy atom. The van der Waals surface area contributed by atoms with Crippen LogP contribution in [0.5, 0.6) is 0 Å². The van der Waals surface area contributed by atoms with Gasteiger partial charge in [0.15, 0.2) is 0 Å². The van der Waals surface area contributed by atoms with Crippen LogP contribution in [0.25, 0.3) is 0 Å². The van der Waals surface area contributed by atoms with Crippen molar-refractivity contribution in [1.29, 1.82) is 0 Å². The zero-order chi connectivity index (χ0) is 25.1. The molecule has 2 nitrogen and oxygen atoms in total. The summed E-state index contributed by atoms with van der Waals surface area (Å²) in [5.74, 6) is -12.1. The van der Waals surface area contributed by atoms with Gasteiger partial charge in [-0.15, -0.1) is 6.42 Å². The molecule has 9 heteroatoms. The van der Waals surface area contributed by atoms with Crippen LogP contribution in [-0.4, -0.2) is 24.0 Å². The molecule has 0 saturated carbocycles. The zero-order valence-electron chi connectivity index (χ0n) is 18.6. The van der Waals surface area contributed by atoms with Crippen molar-refractivity contribution in [1.82, 2.24) is 0 Å². The van der Waals surface area contributed by atoms with Crippen LogP contribution in [0, 0.1) is 35.5 Å². The van der Waals surface area contributed by atoms with E-state index in [1.807, 2.05) is 6.08 Å². The molecule has 0 spiro atoms. The number of alkyl halides is 7. The number of hydrogen-bond donors (Lipinski definition) is 0. The number of halogens is 7. The van der Waals surface area contributed by atoms with Gasteiger partial charge in [0.2, 0.25) is 0 Å². The third-order valence-electron chi connectivity index (χ3n) is 8.17. The Kier molecular flexibility index (Phi) is 5.97. The van der Waals surface area contributed by atoms with Crippen LogP contribution in [0.3, 0.4) is 0 Å². The van der Waals surface area contributed by atoms with Gasteiger partial charge >= 0.3 is 24.0 Å². The summed E-state index contributed by atoms with van der Waals surface area (Å²) in [6.45, 7) is 2.10. The number of carbonyl (C=O) groups excluding carboxylic acids is 1. The highest BCUT2D eigenvalue weighted by Gasteiger charge is 2.77. The molecule has 0 heterocycles. The average molecular weight is 490 g/mol. The molecular formula is C25H25F7O2. The smallest absolute Gasteiger partial charge is 0.426 e. The SMILES string of the molecule is C#C[C@]1(CC)CCC2=C1CC[C@@H]1[C@H]3CCC(OC(=O)C(F)(F)C(F)(F)C(F)(F)F)=CC3=CC[C@@H]21. The van der Waals surface area contributed by atoms with Gasteiger partial charge in [-0.05, 0) is 74.3 Å². The van der Waals surface area contributed by atoms with Crippen LogP contribution in [0.4, 0.5) is 30.7 Å². The van der Waals surface area contributed by atoms with Gasteiger partial charge in [-0.2, -0.15) is 30.7 Å². The first-order chi connectivity index (χ1) is 15.8. The summed E-state index contributed by atoms with van der Waals surface area (Å²) in [6, 6.07) is 0. The molecule has 186 valence electrons. The molecule has 0 aromatic rings. The Bertz CT molecular complexity index is 1010. The van der Waals surface area contributed by atoms with Crippen LogP contribution < -0.4 is 0 Å². The van der Waals surface area contributed by atoms with Crippen molar-refractivity contribution in [2.75, 3.05) is 0 Å². The van der Waals surface area contributed by atoms with Crippen molar-refractivity contribution in [2.45, 2.75) is 76.3 Å². The molecule has 0 aromatic carbocycles. The Morgan fingerprint density at radius 3 is 2.44 bits per heavy atom. The first-order valence-electron chi connectivity index (χ1n) is 11.4. The fraction of sp³-hybridized carbons (Fsp3) is 0.640. The van der Waals surface area contributed by atoms with Gasteiger partial charge in [-0.3, -0.25) is 0 Å². The molecule has 0 amide bonds. The minimum Gasteiger partial charge on any atom is -0.426 e. The lowest BCUT2D eigenvalue weighted by atomic mass is 9.60. The third-order valence-corrected chi connectivity index (χ3v) is 8.17. The predicted molar refractivity (Wildman–Crippen MR) is 110 cm³/mol. The summed E-state index contributed by atoms with van der Waals surface area (Å²) >= 11 is 0. The first-order valence-corrected chi connectivity index (χ1v) is 11.4. The Balaban J connectivity index is 1.53. The number of ether oxygens (including phenoxy) is 1. The van der Waals surface area contributed by atoms with Gasteiger partial charge in [-0.25, -0.2) is 4.79 Å². The van der Waals surface area contributed by atoms with Crippen molar-refractivity contribution in [3.63, 3.8) is 0 Å². The van der Waals surface area contributed by atoms with E-state index in [4.69, 9.17) is 6.42 Å². The second kappa shape index (κ2) is 8.17. The molecule has 0 fully saturated rings. The second-order valence-corrected chi connectivity index (χ2v) is 9.62. The summed E-state index contributed by atoms with van der Waals surface area (Å²) in [5.41, 5.74) is 3.37. The maximum Gasteiger partial charge on any atom is 0.460 e. The minimum absolute atomic E-state index is 0.000205. The van der Waals surface area contributed by atoms with E-state index in [2.05, 4.69) is 17.6 Å². The van der Waals surface area contributed by atoms with Gasteiger partial charge in [0.1, 0.15) is 5.76 Å². The first kappa shape index (κ1) is 24.9. The van der Waals surface area contributed by atoms with Crippen LogP contribution >= 0.6 is 0 Å². The molecule has 0 aromatic heterocycles. The van der Waals surface area contributed by atoms with Gasteiger partial charge in [0, 0.05) is 6.42 Å². The van der Waals surface area contributed by atoms with E-state index in [1.165, 1.54) is 17.2 Å². The van der Waals surface area contributed by atoms with E-state index < -0.39 is 24.0 Å². The number of allylic oxidation sites excluding steroid dienone is 6. The molecule has 0 N–H and O–H groups in total. The summed E-state index contributed by atoms with van der Waals surface area (Å²) in [6.07, 6.45) is 8.28. The molecule has 4 aliphatic carbocycles. The average Bonchev–Trinajstić information content (AvgIpc) is 3.17. The standard InChI is InChI=1S/C25H25F7O2/c1-3-22(4-2)12-11-19-18-7-5-14-13-15(6-8-16(14)17(18)9-10-20(19)22)34-21(33)23(26,27)24(28,29)25(30,31)32/h1,5,13,16-18H,4,6-12H2,2H3/t16-,17+,18+,22-/m0/s1. The van der Waals surface area contributed by atoms with E-state index >= 15 is 0 Å². The van der Waals surface area contributed by atoms with Crippen LogP contribution in [0.15, 0.2) is 34.6 Å². The summed E-state index contributed by atoms with van der Waals surface area (Å²) in [7, 11) is 0. The van der Waals surface area contributed by atoms with E-state index in [-0.39, 0.29) is 23.5 Å². The lowest BCUT2D eigenvalue weighted by Crippen LogP contribution is -2.56. The Morgan fingerprint density at radius 1 is 1.12 bits per heavy atom. The van der Waals surface area contributed by atoms with Crippen molar-refractivity contribution in [3.05, 3.63) is 34.6 Å². The largest absolute Gasteiger partial charge is 0.460 e. The maximum atomic E-state index is 13.6. The van der Waals surface area contributed by atoms with E-state index in [1.54, 1.807) is 0 Å². The molecule has 0 unspecified atom stereocenters. The molecule has 4 aliphatic rings. The second-order valence-electron chi connectivity index (χ2n) is 9.62. The molecule has 4 atom stereocenters. The maximum absolute atomic E-state index is 13.6. The lowest BCUT2D eigenvalue weighted by molar-refractivity contribution is -0.347. The molecular weight excluding hydrogens is 465 g/mol. The molecule has 0 bridgehead atoms. The van der Waals surface area contributed by atoms with Crippen molar-refractivity contribution in [3.8, 4) is 12.3 Å². The van der Waals surface area contributed by atoms with Gasteiger partial charge in [-0.1, -0.05) is 30.1 Å². The van der Waals surface area contributed by atoms with Gasteiger partial charge in [0.25, 0.3) is 0 Å². The van der Waals surface area contributed by atoms with Crippen LogP contribution in [0.1, 0.15) is 58.3 Å². The van der Waals surface area contributed by atoms with E-state index in [0.717, 1.165) is 37.7 Å².